The molecule has 1 saturated heterocycles. The summed E-state index contributed by atoms with van der Waals surface area (Å²) >= 11 is 0. The van der Waals surface area contributed by atoms with Crippen LogP contribution in [0.15, 0.2) is 12.7 Å². The summed E-state index contributed by atoms with van der Waals surface area (Å²) < 4.78 is 5.30. The normalized spacial score (nSPS) is 37.6. The molecule has 0 N–H and O–H groups in total. The van der Waals surface area contributed by atoms with E-state index < -0.39 is 0 Å². The van der Waals surface area contributed by atoms with Gasteiger partial charge in [-0.05, 0) is 12.3 Å². The molecule has 1 aliphatic heterocycles. The minimum absolute atomic E-state index is 0.329. The lowest BCUT2D eigenvalue weighted by Gasteiger charge is -2.06. The van der Waals surface area contributed by atoms with Crippen LogP contribution in [0.2, 0.25) is 0 Å². The second kappa shape index (κ2) is 2.31. The Labute approximate surface area is 50.3 Å². The summed E-state index contributed by atoms with van der Waals surface area (Å²) in [5.41, 5.74) is 0. The molecule has 0 aromatic heterocycles. The highest BCUT2D eigenvalue weighted by atomic mass is 16.5. The van der Waals surface area contributed by atoms with Crippen LogP contribution in [-0.4, -0.2) is 12.7 Å². The average molecular weight is 112 g/mol. The van der Waals surface area contributed by atoms with Crippen molar-refractivity contribution in [3.05, 3.63) is 12.7 Å². The Morgan fingerprint density at radius 3 is 2.75 bits per heavy atom. The van der Waals surface area contributed by atoms with Gasteiger partial charge in [0.25, 0.3) is 0 Å². The van der Waals surface area contributed by atoms with Crippen LogP contribution in [0.4, 0.5) is 0 Å². The Morgan fingerprint density at radius 2 is 2.50 bits per heavy atom. The monoisotopic (exact) mass is 112 g/mol. The summed E-state index contributed by atoms with van der Waals surface area (Å²) in [6.07, 6.45) is 3.41. The molecule has 0 radical (unpaired) electrons. The molecule has 0 aliphatic carbocycles. The van der Waals surface area contributed by atoms with Gasteiger partial charge in [0.15, 0.2) is 0 Å². The number of rotatable bonds is 1. The van der Waals surface area contributed by atoms with Gasteiger partial charge >= 0.3 is 0 Å². The van der Waals surface area contributed by atoms with E-state index in [2.05, 4.69) is 13.5 Å². The molecular weight excluding hydrogens is 100 g/mol. The van der Waals surface area contributed by atoms with Crippen molar-refractivity contribution in [2.24, 2.45) is 5.92 Å². The van der Waals surface area contributed by atoms with Crippen LogP contribution in [-0.2, 0) is 4.74 Å². The highest BCUT2D eigenvalue weighted by molar-refractivity contribution is 4.87. The number of ether oxygens (including phenoxy) is 1. The fraction of sp³-hybridized carbons (Fsp3) is 0.714. The predicted molar refractivity (Wildman–Crippen MR) is 33.7 cm³/mol. The molecule has 0 spiro atoms. The third-order valence-corrected chi connectivity index (χ3v) is 1.68. The van der Waals surface area contributed by atoms with Gasteiger partial charge in [-0.2, -0.15) is 0 Å². The molecule has 1 heterocycles. The van der Waals surface area contributed by atoms with Crippen molar-refractivity contribution >= 4 is 0 Å². The summed E-state index contributed by atoms with van der Waals surface area (Å²) in [6.45, 7) is 6.78. The average Bonchev–Trinajstić information content (AvgIpc) is 2.14. The van der Waals surface area contributed by atoms with Crippen LogP contribution in [0, 0.1) is 5.92 Å². The number of hydrogen-bond acceptors (Lipinski definition) is 1. The molecule has 0 unspecified atom stereocenters. The molecule has 0 aromatic rings. The molecule has 1 heteroatoms. The summed E-state index contributed by atoms with van der Waals surface area (Å²) in [7, 11) is 0. The first-order valence-electron chi connectivity index (χ1n) is 3.08. The van der Waals surface area contributed by atoms with Crippen LogP contribution >= 0.6 is 0 Å². The van der Waals surface area contributed by atoms with E-state index >= 15 is 0 Å². The van der Waals surface area contributed by atoms with Gasteiger partial charge in [0.05, 0.1) is 6.10 Å². The van der Waals surface area contributed by atoms with Gasteiger partial charge in [0, 0.05) is 6.61 Å². The molecule has 1 rings (SSSR count). The highest BCUT2D eigenvalue weighted by Crippen LogP contribution is 2.19. The second-order valence-electron chi connectivity index (χ2n) is 2.34. The molecule has 46 valence electrons. The molecule has 0 aromatic carbocycles. The Hall–Kier alpha value is -0.300. The zero-order chi connectivity index (χ0) is 5.98. The Bertz CT molecular complexity index is 88.4. The Kier molecular flexibility index (Phi) is 1.69. The van der Waals surface area contributed by atoms with Gasteiger partial charge in [-0.25, -0.2) is 0 Å². The zero-order valence-corrected chi connectivity index (χ0v) is 5.26. The van der Waals surface area contributed by atoms with E-state index in [1.54, 1.807) is 0 Å². The quantitative estimate of drug-likeness (QED) is 0.468. The van der Waals surface area contributed by atoms with Crippen molar-refractivity contribution in [1.82, 2.24) is 0 Å². The van der Waals surface area contributed by atoms with Gasteiger partial charge in [-0.3, -0.25) is 0 Å². The van der Waals surface area contributed by atoms with Gasteiger partial charge < -0.3 is 4.74 Å². The fourth-order valence-corrected chi connectivity index (χ4v) is 1.02. The number of hydrogen-bond donors (Lipinski definition) is 0. The van der Waals surface area contributed by atoms with Crippen molar-refractivity contribution in [2.45, 2.75) is 19.4 Å². The predicted octanol–water partition coefficient (Wildman–Crippen LogP) is 1.60. The van der Waals surface area contributed by atoms with E-state index in [4.69, 9.17) is 4.74 Å². The van der Waals surface area contributed by atoms with Crippen LogP contribution < -0.4 is 0 Å². The van der Waals surface area contributed by atoms with Gasteiger partial charge in [0.2, 0.25) is 0 Å². The first-order valence-corrected chi connectivity index (χ1v) is 3.08. The molecule has 1 nitrogen and oxygen atoms in total. The van der Waals surface area contributed by atoms with Crippen molar-refractivity contribution in [3.63, 3.8) is 0 Å². The summed E-state index contributed by atoms with van der Waals surface area (Å²) in [5, 5.41) is 0. The van der Waals surface area contributed by atoms with E-state index in [-0.39, 0.29) is 0 Å². The lowest BCUT2D eigenvalue weighted by atomic mass is 10.1. The van der Waals surface area contributed by atoms with E-state index in [0.717, 1.165) is 6.61 Å². The smallest absolute Gasteiger partial charge is 0.0779 e. The lowest BCUT2D eigenvalue weighted by molar-refractivity contribution is 0.131. The minimum atomic E-state index is 0.329. The standard InChI is InChI=1S/C7H12O/c1-3-7-6(2)4-5-8-7/h3,6-7H,1,4-5H2,2H3/t6-,7+/m1/s1. The fourth-order valence-electron chi connectivity index (χ4n) is 1.02. The van der Waals surface area contributed by atoms with Gasteiger partial charge in [-0.1, -0.05) is 13.0 Å². The second-order valence-corrected chi connectivity index (χ2v) is 2.34. The van der Waals surface area contributed by atoms with Crippen LogP contribution in [0.1, 0.15) is 13.3 Å². The summed E-state index contributed by atoms with van der Waals surface area (Å²) in [6, 6.07) is 0. The summed E-state index contributed by atoms with van der Waals surface area (Å²) in [5.74, 6) is 0.687. The van der Waals surface area contributed by atoms with Crippen LogP contribution in [0.25, 0.3) is 0 Å². The molecule has 2 atom stereocenters. The molecule has 1 fully saturated rings. The molecule has 0 saturated carbocycles. The van der Waals surface area contributed by atoms with Crippen LogP contribution in [0.3, 0.4) is 0 Å². The first kappa shape index (κ1) is 5.83. The largest absolute Gasteiger partial charge is 0.374 e. The molecular formula is C7H12O. The van der Waals surface area contributed by atoms with E-state index in [1.807, 2.05) is 6.08 Å². The third kappa shape index (κ3) is 0.920. The zero-order valence-electron chi connectivity index (χ0n) is 5.26. The molecule has 0 amide bonds. The minimum Gasteiger partial charge on any atom is -0.374 e. The lowest BCUT2D eigenvalue weighted by Crippen LogP contribution is -2.07. The Morgan fingerprint density at radius 1 is 1.75 bits per heavy atom. The van der Waals surface area contributed by atoms with Crippen molar-refractivity contribution < 1.29 is 4.74 Å². The molecule has 8 heavy (non-hydrogen) atoms. The van der Waals surface area contributed by atoms with Crippen molar-refractivity contribution in [2.75, 3.05) is 6.61 Å². The summed E-state index contributed by atoms with van der Waals surface area (Å²) in [4.78, 5) is 0. The van der Waals surface area contributed by atoms with Crippen LogP contribution in [0.5, 0.6) is 0 Å². The van der Waals surface area contributed by atoms with E-state index in [0.29, 0.717) is 12.0 Å². The molecule has 1 aliphatic rings. The highest BCUT2D eigenvalue weighted by Gasteiger charge is 2.20. The van der Waals surface area contributed by atoms with Gasteiger partial charge in [0.1, 0.15) is 0 Å². The van der Waals surface area contributed by atoms with E-state index in [9.17, 15) is 0 Å². The SMILES string of the molecule is C=C[C@@H]1OCC[C@H]1C. The van der Waals surface area contributed by atoms with Crippen molar-refractivity contribution in [1.29, 1.82) is 0 Å². The maximum Gasteiger partial charge on any atom is 0.0779 e. The first-order chi connectivity index (χ1) is 3.84. The maximum absolute atomic E-state index is 5.30. The van der Waals surface area contributed by atoms with E-state index in [1.165, 1.54) is 6.42 Å². The maximum atomic E-state index is 5.30. The third-order valence-electron chi connectivity index (χ3n) is 1.68. The Balaban J connectivity index is 2.41. The topological polar surface area (TPSA) is 9.23 Å². The van der Waals surface area contributed by atoms with Gasteiger partial charge in [-0.15, -0.1) is 6.58 Å². The van der Waals surface area contributed by atoms with Crippen molar-refractivity contribution in [3.8, 4) is 0 Å². The molecule has 0 bridgehead atoms.